The molecule has 8 heteroatoms. The van der Waals surface area contributed by atoms with Crippen molar-refractivity contribution in [2.24, 2.45) is 5.73 Å². The van der Waals surface area contributed by atoms with Crippen molar-refractivity contribution in [3.05, 3.63) is 0 Å². The predicted molar refractivity (Wildman–Crippen MR) is 42.0 cm³/mol. The molecule has 0 aromatic heterocycles. The Morgan fingerprint density at radius 3 is 1.87 bits per heavy atom. The Morgan fingerprint density at radius 1 is 1.13 bits per heavy atom. The van der Waals surface area contributed by atoms with Crippen molar-refractivity contribution >= 4 is 11.7 Å². The first-order valence-electron chi connectivity index (χ1n) is 4.28. The molecular formula is C7H13ClN2O5. The molecule has 0 heterocycles. The lowest BCUT2D eigenvalue weighted by Crippen LogP contribution is -2.68. The van der Waals surface area contributed by atoms with Gasteiger partial charge >= 0.3 is 6.02 Å². The van der Waals surface area contributed by atoms with E-state index in [1.165, 1.54) is 19.3 Å². The minimum absolute atomic E-state index is 0.295. The average Bonchev–Trinajstić information content (AvgIpc) is 2.01. The molecule has 0 spiro atoms. The Labute approximate surface area is 88.9 Å². The van der Waals surface area contributed by atoms with E-state index in [-0.39, 0.29) is 6.02 Å². The summed E-state index contributed by atoms with van der Waals surface area (Å²) in [4.78, 5) is 0. The zero-order chi connectivity index (χ0) is 11.9. The fraction of sp³-hybridized carbons (Fsp3) is 0.714. The molecule has 1 aliphatic carbocycles. The Balaban J connectivity index is 0.000000336. The van der Waals surface area contributed by atoms with E-state index in [4.69, 9.17) is 29.5 Å². The number of aliphatic hydroxyl groups is 1. The lowest BCUT2D eigenvalue weighted by Gasteiger charge is -2.17. The lowest BCUT2D eigenvalue weighted by atomic mass is 9.99. The Bertz CT molecular complexity index is 239. The van der Waals surface area contributed by atoms with Crippen molar-refractivity contribution in [3.63, 3.8) is 0 Å². The van der Waals surface area contributed by atoms with E-state index in [0.717, 1.165) is 18.6 Å². The number of nitrogens with two attached hydrogens (primary N) is 1. The van der Waals surface area contributed by atoms with Crippen LogP contribution in [0, 0.1) is 10.2 Å². The highest BCUT2D eigenvalue weighted by Crippen LogP contribution is 2.12. The first-order valence-corrected chi connectivity index (χ1v) is 5.52. The van der Waals surface area contributed by atoms with Crippen LogP contribution in [-0.2, 0) is 0 Å². The largest absolute Gasteiger partial charge is 0.542 e. The van der Waals surface area contributed by atoms with Crippen molar-refractivity contribution in [3.8, 4) is 0 Å². The summed E-state index contributed by atoms with van der Waals surface area (Å²) in [5.74, 6) is 0. The van der Waals surface area contributed by atoms with E-state index in [1.807, 2.05) is 0 Å². The van der Waals surface area contributed by atoms with Gasteiger partial charge in [0.25, 0.3) is 0 Å². The van der Waals surface area contributed by atoms with Crippen LogP contribution in [0.2, 0.25) is 0 Å². The van der Waals surface area contributed by atoms with Crippen LogP contribution < -0.4 is 29.0 Å². The molecule has 0 atom stereocenters. The maximum Gasteiger partial charge on any atom is 0.542 e. The summed E-state index contributed by atoms with van der Waals surface area (Å²) in [6.07, 6.45) is 5.66. The van der Waals surface area contributed by atoms with Crippen molar-refractivity contribution in [1.29, 1.82) is 0 Å². The number of nitrogens with zero attached hydrogens (tertiary/aromatic N) is 1. The second-order valence-corrected chi connectivity index (χ2v) is 3.73. The molecule has 1 fully saturated rings. The van der Waals surface area contributed by atoms with Crippen LogP contribution in [0.3, 0.4) is 0 Å². The van der Waals surface area contributed by atoms with Gasteiger partial charge in [0.1, 0.15) is 0 Å². The van der Waals surface area contributed by atoms with Crippen LogP contribution in [0.4, 0.5) is 0 Å². The van der Waals surface area contributed by atoms with E-state index in [2.05, 4.69) is 4.67 Å². The second kappa shape index (κ2) is 6.62. The van der Waals surface area contributed by atoms with Crippen LogP contribution in [0.1, 0.15) is 32.1 Å². The molecule has 0 radical (unpaired) electrons. The zero-order valence-electron chi connectivity index (χ0n) is 8.02. The molecule has 0 aromatic carbocycles. The van der Waals surface area contributed by atoms with E-state index < -0.39 is 10.2 Å². The molecule has 15 heavy (non-hydrogen) atoms. The van der Waals surface area contributed by atoms with E-state index in [1.54, 1.807) is 0 Å². The maximum absolute atomic E-state index is 8.61. The normalized spacial score (nSPS) is 16.1. The van der Waals surface area contributed by atoms with Gasteiger partial charge < -0.3 is 5.11 Å². The maximum atomic E-state index is 8.61. The summed E-state index contributed by atoms with van der Waals surface area (Å²) >= 11 is 0. The molecule has 3 N–H and O–H groups in total. The quantitative estimate of drug-likeness (QED) is 0.247. The third-order valence-corrected chi connectivity index (χ3v) is 1.70. The number of halogens is 1. The van der Waals surface area contributed by atoms with E-state index in [0.29, 0.717) is 0 Å². The summed E-state index contributed by atoms with van der Waals surface area (Å²) in [6, 6.07) is -0.295. The van der Waals surface area contributed by atoms with Gasteiger partial charge in [0, 0.05) is 12.8 Å². The van der Waals surface area contributed by atoms with Gasteiger partial charge in [0.2, 0.25) is 0 Å². The Kier molecular flexibility index (Phi) is 6.26. The molecule has 0 amide bonds. The molecule has 0 bridgehead atoms. The SMILES string of the molecule is NC(O)=[N+]=C1CCCCC1.[O-][Cl+3]([O-])([O-])[O-]. The average molecular weight is 241 g/mol. The third kappa shape index (κ3) is 13.2. The topological polar surface area (TPSA) is 153 Å². The molecule has 0 unspecified atom stereocenters. The first kappa shape index (κ1) is 14.2. The Hall–Kier alpha value is -0.820. The minimum atomic E-state index is -4.94. The van der Waals surface area contributed by atoms with Crippen molar-refractivity contribution in [1.82, 2.24) is 4.67 Å². The molecule has 7 nitrogen and oxygen atoms in total. The lowest BCUT2D eigenvalue weighted by molar-refractivity contribution is -2.00. The van der Waals surface area contributed by atoms with Gasteiger partial charge in [-0.25, -0.2) is 24.4 Å². The number of hydrogen-bond acceptors (Lipinski definition) is 4. The van der Waals surface area contributed by atoms with Crippen LogP contribution in [0.25, 0.3) is 0 Å². The molecular weight excluding hydrogens is 228 g/mol. The van der Waals surface area contributed by atoms with Crippen LogP contribution in [0.5, 0.6) is 0 Å². The highest BCUT2D eigenvalue weighted by molar-refractivity contribution is 5.88. The number of amidine groups is 1. The highest BCUT2D eigenvalue weighted by Gasteiger charge is 2.10. The van der Waals surface area contributed by atoms with Crippen molar-refractivity contribution < 1.29 is 34.0 Å². The standard InChI is InChI=1S/C7H12N2O.ClHO4/c8-7(10)9-6-4-2-1-3-5-6;2-1(3,4)5/h1-5H2,(H2,8,10);(H,2,3,4,5). The minimum Gasteiger partial charge on any atom is -0.434 e. The fourth-order valence-corrected chi connectivity index (χ4v) is 1.23. The van der Waals surface area contributed by atoms with Crippen LogP contribution in [0.15, 0.2) is 0 Å². The summed E-state index contributed by atoms with van der Waals surface area (Å²) in [7, 11) is -4.94. The molecule has 1 saturated carbocycles. The van der Waals surface area contributed by atoms with Crippen molar-refractivity contribution in [2.45, 2.75) is 32.1 Å². The van der Waals surface area contributed by atoms with Gasteiger partial charge in [-0.1, -0.05) is 6.42 Å². The second-order valence-electron chi connectivity index (χ2n) is 2.97. The van der Waals surface area contributed by atoms with Gasteiger partial charge in [-0.15, -0.1) is 10.2 Å². The number of hydrogen-bond donors (Lipinski definition) is 2. The molecule has 0 aliphatic heterocycles. The molecule has 1 aliphatic rings. The van der Waals surface area contributed by atoms with E-state index >= 15 is 0 Å². The van der Waals surface area contributed by atoms with Crippen molar-refractivity contribution in [2.75, 3.05) is 0 Å². The molecule has 0 aromatic rings. The summed E-state index contributed by atoms with van der Waals surface area (Å²) in [5, 5.41) is 8.61. The van der Waals surface area contributed by atoms with Gasteiger partial charge in [-0.3, -0.25) is 0 Å². The van der Waals surface area contributed by atoms with Crippen LogP contribution in [-0.4, -0.2) is 16.8 Å². The van der Waals surface area contributed by atoms with Gasteiger partial charge in [0.05, 0.1) is 0 Å². The summed E-state index contributed by atoms with van der Waals surface area (Å²) in [5.41, 5.74) is 6.06. The molecule has 88 valence electrons. The monoisotopic (exact) mass is 240 g/mol. The number of aliphatic hydroxyl groups excluding tert-OH is 1. The summed E-state index contributed by atoms with van der Waals surface area (Å²) in [6.45, 7) is 0. The summed E-state index contributed by atoms with van der Waals surface area (Å²) < 4.78 is 37.8. The smallest absolute Gasteiger partial charge is 0.434 e. The van der Waals surface area contributed by atoms with E-state index in [9.17, 15) is 0 Å². The number of rotatable bonds is 0. The predicted octanol–water partition coefficient (Wildman–Crippen LogP) is -4.42. The van der Waals surface area contributed by atoms with Gasteiger partial charge in [0.15, 0.2) is 5.71 Å². The first-order chi connectivity index (χ1) is 6.79. The van der Waals surface area contributed by atoms with Gasteiger partial charge in [-0.05, 0) is 12.8 Å². The van der Waals surface area contributed by atoms with Crippen LogP contribution >= 0.6 is 0 Å². The zero-order valence-corrected chi connectivity index (χ0v) is 8.77. The van der Waals surface area contributed by atoms with Gasteiger partial charge in [-0.2, -0.15) is 4.67 Å². The molecule has 0 saturated heterocycles. The third-order valence-electron chi connectivity index (χ3n) is 1.70. The highest BCUT2D eigenvalue weighted by atomic mass is 35.7. The molecule has 1 rings (SSSR count). The fourth-order valence-electron chi connectivity index (χ4n) is 1.23. The Morgan fingerprint density at radius 2 is 1.53 bits per heavy atom.